The summed E-state index contributed by atoms with van der Waals surface area (Å²) in [5, 5.41) is 3.89. The van der Waals surface area contributed by atoms with Crippen LogP contribution in [0, 0.1) is 6.92 Å². The van der Waals surface area contributed by atoms with Gasteiger partial charge in [0.2, 0.25) is 5.91 Å². The third-order valence-electron chi connectivity index (χ3n) is 4.64. The van der Waals surface area contributed by atoms with Crippen LogP contribution in [0.4, 0.5) is 0 Å². The van der Waals surface area contributed by atoms with Crippen molar-refractivity contribution < 1.29 is 9.59 Å². The predicted octanol–water partition coefficient (Wildman–Crippen LogP) is 3.30. The highest BCUT2D eigenvalue weighted by atomic mass is 32.1. The largest absolute Gasteiger partial charge is 0.338 e. The molecule has 3 rings (SSSR count). The minimum absolute atomic E-state index is 0.0519. The summed E-state index contributed by atoms with van der Waals surface area (Å²) in [6, 6.07) is 8.07. The van der Waals surface area contributed by atoms with E-state index in [0.717, 1.165) is 35.6 Å². The molecule has 1 aliphatic heterocycles. The number of hydrogen-bond acceptors (Lipinski definition) is 5. The number of aromatic nitrogens is 2. The van der Waals surface area contributed by atoms with Crippen LogP contribution in [0.1, 0.15) is 46.8 Å². The van der Waals surface area contributed by atoms with Gasteiger partial charge in [-0.3, -0.25) is 9.59 Å². The molecule has 0 radical (unpaired) electrons. The molecule has 0 unspecified atom stereocenters. The van der Waals surface area contributed by atoms with E-state index < -0.39 is 0 Å². The molecule has 2 heterocycles. The van der Waals surface area contributed by atoms with Gasteiger partial charge in [0.15, 0.2) is 5.78 Å². The van der Waals surface area contributed by atoms with Crippen molar-refractivity contribution in [3.63, 3.8) is 0 Å². The molecule has 0 saturated carbocycles. The van der Waals surface area contributed by atoms with E-state index in [9.17, 15) is 9.59 Å². The Labute approximate surface area is 151 Å². The maximum atomic E-state index is 12.3. The number of aryl methyl sites for hydroxylation is 1. The normalized spacial score (nSPS) is 14.8. The number of Topliss-reactive ketones (excluding diaryl/α,β-unsaturated/α-hetero) is 1. The van der Waals surface area contributed by atoms with Crippen LogP contribution in [0.2, 0.25) is 0 Å². The van der Waals surface area contributed by atoms with E-state index in [0.29, 0.717) is 23.5 Å². The Morgan fingerprint density at radius 2 is 1.92 bits per heavy atom. The lowest BCUT2D eigenvalue weighted by Crippen LogP contribution is -2.34. The van der Waals surface area contributed by atoms with Crippen molar-refractivity contribution in [2.75, 3.05) is 13.1 Å². The monoisotopic (exact) mass is 355 g/mol. The summed E-state index contributed by atoms with van der Waals surface area (Å²) in [5.41, 5.74) is 5.32. The van der Waals surface area contributed by atoms with Crippen LogP contribution in [0.25, 0.3) is 5.57 Å². The first-order valence-corrected chi connectivity index (χ1v) is 9.08. The maximum Gasteiger partial charge on any atom is 0.219 e. The third-order valence-corrected chi connectivity index (χ3v) is 5.51. The summed E-state index contributed by atoms with van der Waals surface area (Å²) in [6.07, 6.45) is 1.26. The highest BCUT2D eigenvalue weighted by Crippen LogP contribution is 2.27. The zero-order valence-electron chi connectivity index (χ0n) is 14.7. The Kier molecular flexibility index (Phi) is 5.08. The molecule has 0 atom stereocenters. The molecule has 0 aliphatic carbocycles. The van der Waals surface area contributed by atoms with Crippen LogP contribution >= 0.6 is 11.5 Å². The Morgan fingerprint density at radius 1 is 1.20 bits per heavy atom. The zero-order chi connectivity index (χ0) is 18.0. The first kappa shape index (κ1) is 17.5. The van der Waals surface area contributed by atoms with Gasteiger partial charge in [-0.15, -0.1) is 5.10 Å². The summed E-state index contributed by atoms with van der Waals surface area (Å²) in [6.45, 7) is 7.00. The van der Waals surface area contributed by atoms with Crippen molar-refractivity contribution in [1.82, 2.24) is 14.5 Å². The van der Waals surface area contributed by atoms with Gasteiger partial charge in [0, 0.05) is 26.4 Å². The smallest absolute Gasteiger partial charge is 0.219 e. The highest BCUT2D eigenvalue weighted by Gasteiger charge is 2.20. The number of carbonyl (C=O) groups excluding carboxylic acids is 2. The number of ketones is 1. The van der Waals surface area contributed by atoms with E-state index in [1.165, 1.54) is 11.1 Å². The lowest BCUT2D eigenvalue weighted by atomic mass is 9.93. The van der Waals surface area contributed by atoms with Gasteiger partial charge < -0.3 is 4.90 Å². The van der Waals surface area contributed by atoms with E-state index in [4.69, 9.17) is 0 Å². The van der Waals surface area contributed by atoms with Crippen molar-refractivity contribution >= 4 is 28.8 Å². The minimum Gasteiger partial charge on any atom is -0.338 e. The Morgan fingerprint density at radius 3 is 2.52 bits per heavy atom. The first-order chi connectivity index (χ1) is 12.0. The molecule has 5 nitrogen and oxygen atoms in total. The van der Waals surface area contributed by atoms with Gasteiger partial charge in [-0.25, -0.2) is 0 Å². The predicted molar refractivity (Wildman–Crippen MR) is 98.6 cm³/mol. The van der Waals surface area contributed by atoms with Crippen molar-refractivity contribution in [1.29, 1.82) is 0 Å². The molecular weight excluding hydrogens is 334 g/mol. The van der Waals surface area contributed by atoms with Gasteiger partial charge in [-0.1, -0.05) is 34.3 Å². The molecule has 1 aromatic carbocycles. The van der Waals surface area contributed by atoms with Crippen molar-refractivity contribution in [2.24, 2.45) is 0 Å². The second-order valence-electron chi connectivity index (χ2n) is 6.43. The van der Waals surface area contributed by atoms with Gasteiger partial charge in [0.1, 0.15) is 4.88 Å². The van der Waals surface area contributed by atoms with Crippen LogP contribution in [0.3, 0.4) is 0 Å². The Balaban J connectivity index is 1.75. The molecule has 0 N–H and O–H groups in total. The zero-order valence-corrected chi connectivity index (χ0v) is 15.5. The molecule has 130 valence electrons. The third kappa shape index (κ3) is 3.85. The number of amides is 1. The van der Waals surface area contributed by atoms with Crippen LogP contribution < -0.4 is 0 Å². The van der Waals surface area contributed by atoms with E-state index in [2.05, 4.69) is 16.5 Å². The van der Waals surface area contributed by atoms with E-state index in [1.54, 1.807) is 13.8 Å². The summed E-state index contributed by atoms with van der Waals surface area (Å²) in [4.78, 5) is 26.5. The number of rotatable bonds is 4. The first-order valence-electron chi connectivity index (χ1n) is 8.31. The standard InChI is InChI=1S/C19H21N3O2S/c1-12-8-9-22(14(3)23)11-17(12)16-6-4-15(5-7-16)10-18(24)19-13(2)20-21-25-19/h4-7H,8-11H2,1-3H3. The number of carbonyl (C=O) groups is 2. The van der Waals surface area contributed by atoms with Crippen LogP contribution in [0.5, 0.6) is 0 Å². The van der Waals surface area contributed by atoms with Gasteiger partial charge >= 0.3 is 0 Å². The molecule has 1 amide bonds. The van der Waals surface area contributed by atoms with Crippen LogP contribution in [0.15, 0.2) is 29.8 Å². The van der Waals surface area contributed by atoms with E-state index in [-0.39, 0.29) is 11.7 Å². The quantitative estimate of drug-likeness (QED) is 0.790. The van der Waals surface area contributed by atoms with Crippen molar-refractivity contribution in [3.05, 3.63) is 51.5 Å². The number of nitrogens with zero attached hydrogens (tertiary/aromatic N) is 3. The van der Waals surface area contributed by atoms with Gasteiger partial charge in [0.05, 0.1) is 5.69 Å². The molecule has 0 fully saturated rings. The van der Waals surface area contributed by atoms with Gasteiger partial charge in [-0.05, 0) is 48.5 Å². The molecule has 2 aromatic rings. The SMILES string of the molecule is CC(=O)N1CCC(C)=C(c2ccc(CC(=O)c3snnc3C)cc2)C1. The van der Waals surface area contributed by atoms with E-state index in [1.807, 2.05) is 29.2 Å². The average Bonchev–Trinajstić information content (AvgIpc) is 3.02. The molecule has 1 aliphatic rings. The fraction of sp³-hybridized carbons (Fsp3) is 0.368. The van der Waals surface area contributed by atoms with Gasteiger partial charge in [-0.2, -0.15) is 0 Å². The summed E-state index contributed by atoms with van der Waals surface area (Å²) in [7, 11) is 0. The van der Waals surface area contributed by atoms with Crippen molar-refractivity contribution in [2.45, 2.75) is 33.6 Å². The fourth-order valence-electron chi connectivity index (χ4n) is 3.04. The molecule has 1 aromatic heterocycles. The number of benzene rings is 1. The fourth-order valence-corrected chi connectivity index (χ4v) is 3.63. The molecule has 6 heteroatoms. The lowest BCUT2D eigenvalue weighted by Gasteiger charge is -2.29. The maximum absolute atomic E-state index is 12.3. The Hall–Kier alpha value is -2.34. The Bertz CT molecular complexity index is 837. The van der Waals surface area contributed by atoms with Crippen molar-refractivity contribution in [3.8, 4) is 0 Å². The summed E-state index contributed by atoms with van der Waals surface area (Å²) in [5.74, 6) is 0.164. The molecule has 25 heavy (non-hydrogen) atoms. The average molecular weight is 355 g/mol. The minimum atomic E-state index is 0.0519. The molecule has 0 spiro atoms. The molecule has 0 saturated heterocycles. The van der Waals surface area contributed by atoms with E-state index >= 15 is 0 Å². The number of hydrogen-bond donors (Lipinski definition) is 0. The topological polar surface area (TPSA) is 63.2 Å². The lowest BCUT2D eigenvalue weighted by molar-refractivity contribution is -0.128. The molecule has 0 bridgehead atoms. The second kappa shape index (κ2) is 7.27. The highest BCUT2D eigenvalue weighted by molar-refractivity contribution is 7.08. The van der Waals surface area contributed by atoms with Crippen LogP contribution in [-0.4, -0.2) is 39.3 Å². The van der Waals surface area contributed by atoms with Gasteiger partial charge in [0.25, 0.3) is 0 Å². The summed E-state index contributed by atoms with van der Waals surface area (Å²) < 4.78 is 3.82. The van der Waals surface area contributed by atoms with Crippen LogP contribution in [-0.2, 0) is 11.2 Å². The summed E-state index contributed by atoms with van der Waals surface area (Å²) >= 11 is 1.15. The second-order valence-corrected chi connectivity index (χ2v) is 7.19. The molecular formula is C19H21N3O2S.